The third kappa shape index (κ3) is 4.90. The molecule has 1 aliphatic heterocycles. The van der Waals surface area contributed by atoms with Crippen LogP contribution in [-0.2, 0) is 14.8 Å². The number of carbonyl (C=O) groups is 1. The summed E-state index contributed by atoms with van der Waals surface area (Å²) in [6, 6.07) is 3.34. The number of hydrogen-bond acceptors (Lipinski definition) is 5. The first-order valence-electron chi connectivity index (χ1n) is 6.63. The number of nitrogens with one attached hydrogen (secondary N) is 2. The van der Waals surface area contributed by atoms with E-state index in [1.165, 1.54) is 6.07 Å². The molecule has 1 aromatic rings. The molecule has 22 heavy (non-hydrogen) atoms. The standard InChI is InChI=1S/C12H18BrN3O3S2.ClH/c1-14-7-9-3-2-6-16(9)11(17)8-15-21(18,19)12-5-4-10(13)20-12;/h4-5,9,14-15H,2-3,6-8H2,1H3;1H. The highest BCUT2D eigenvalue weighted by Gasteiger charge is 2.29. The number of likely N-dealkylation sites (tertiary alicyclic amines) is 1. The van der Waals surface area contributed by atoms with Gasteiger partial charge in [0.1, 0.15) is 4.21 Å². The van der Waals surface area contributed by atoms with Crippen LogP contribution in [0.1, 0.15) is 12.8 Å². The summed E-state index contributed by atoms with van der Waals surface area (Å²) < 4.78 is 27.5. The minimum Gasteiger partial charge on any atom is -0.337 e. The first-order valence-corrected chi connectivity index (χ1v) is 9.72. The van der Waals surface area contributed by atoms with Crippen molar-refractivity contribution in [3.8, 4) is 0 Å². The van der Waals surface area contributed by atoms with E-state index in [1.807, 2.05) is 7.05 Å². The fourth-order valence-electron chi connectivity index (χ4n) is 2.38. The Morgan fingerprint density at radius 1 is 1.50 bits per heavy atom. The Labute approximate surface area is 149 Å². The first kappa shape index (κ1) is 19.9. The van der Waals surface area contributed by atoms with Crippen molar-refractivity contribution in [2.45, 2.75) is 23.1 Å². The van der Waals surface area contributed by atoms with Gasteiger partial charge in [-0.05, 0) is 48.0 Å². The Kier molecular flexibility index (Phi) is 7.76. The average Bonchev–Trinajstić information content (AvgIpc) is 3.06. The molecule has 1 aromatic heterocycles. The van der Waals surface area contributed by atoms with Gasteiger partial charge < -0.3 is 10.2 Å². The smallest absolute Gasteiger partial charge is 0.250 e. The number of carbonyl (C=O) groups excluding carboxylic acids is 1. The highest BCUT2D eigenvalue weighted by Crippen LogP contribution is 2.25. The van der Waals surface area contributed by atoms with Crippen molar-refractivity contribution in [1.29, 1.82) is 0 Å². The van der Waals surface area contributed by atoms with Gasteiger partial charge in [0.2, 0.25) is 5.91 Å². The highest BCUT2D eigenvalue weighted by molar-refractivity contribution is 9.11. The summed E-state index contributed by atoms with van der Waals surface area (Å²) in [6.45, 7) is 1.23. The van der Waals surface area contributed by atoms with Crippen molar-refractivity contribution in [3.63, 3.8) is 0 Å². The zero-order valence-corrected chi connectivity index (χ0v) is 16.1. The molecule has 1 saturated heterocycles. The van der Waals surface area contributed by atoms with Crippen LogP contribution in [-0.4, -0.2) is 51.9 Å². The fourth-order valence-corrected chi connectivity index (χ4v) is 5.41. The Bertz CT molecular complexity index is 609. The van der Waals surface area contributed by atoms with Crippen LogP contribution in [0.2, 0.25) is 0 Å². The number of thiophene rings is 1. The van der Waals surface area contributed by atoms with Crippen molar-refractivity contribution < 1.29 is 13.2 Å². The molecule has 1 amide bonds. The minimum atomic E-state index is -3.62. The quantitative estimate of drug-likeness (QED) is 0.712. The molecule has 0 bridgehead atoms. The zero-order chi connectivity index (χ0) is 15.5. The van der Waals surface area contributed by atoms with Gasteiger partial charge in [0.05, 0.1) is 10.3 Å². The second kappa shape index (κ2) is 8.60. The van der Waals surface area contributed by atoms with Crippen LogP contribution >= 0.6 is 39.7 Å². The van der Waals surface area contributed by atoms with Gasteiger partial charge in [0.15, 0.2) is 0 Å². The van der Waals surface area contributed by atoms with E-state index in [9.17, 15) is 13.2 Å². The molecule has 10 heteroatoms. The lowest BCUT2D eigenvalue weighted by Crippen LogP contribution is -2.45. The molecule has 2 N–H and O–H groups in total. The normalized spacial score (nSPS) is 18.3. The number of nitrogens with zero attached hydrogens (tertiary/aromatic N) is 1. The molecule has 2 heterocycles. The fraction of sp³-hybridized carbons (Fsp3) is 0.583. The van der Waals surface area contributed by atoms with E-state index in [0.29, 0.717) is 6.54 Å². The van der Waals surface area contributed by atoms with E-state index in [0.717, 1.165) is 34.5 Å². The molecule has 1 unspecified atom stereocenters. The Morgan fingerprint density at radius 2 is 2.23 bits per heavy atom. The van der Waals surface area contributed by atoms with Gasteiger partial charge in [-0.15, -0.1) is 23.7 Å². The van der Waals surface area contributed by atoms with Gasteiger partial charge in [-0.2, -0.15) is 0 Å². The van der Waals surface area contributed by atoms with Crippen LogP contribution in [0.5, 0.6) is 0 Å². The van der Waals surface area contributed by atoms with Crippen LogP contribution in [0.4, 0.5) is 0 Å². The van der Waals surface area contributed by atoms with Crippen molar-refractivity contribution in [2.75, 3.05) is 26.7 Å². The molecular formula is C12H19BrClN3O3S2. The number of amides is 1. The van der Waals surface area contributed by atoms with E-state index in [2.05, 4.69) is 26.0 Å². The van der Waals surface area contributed by atoms with Crippen molar-refractivity contribution in [2.24, 2.45) is 0 Å². The number of likely N-dealkylation sites (N-methyl/N-ethyl adjacent to an activating group) is 1. The van der Waals surface area contributed by atoms with Gasteiger partial charge in [-0.1, -0.05) is 0 Å². The van der Waals surface area contributed by atoms with Crippen LogP contribution in [0, 0.1) is 0 Å². The molecule has 0 aromatic carbocycles. The van der Waals surface area contributed by atoms with Crippen LogP contribution in [0.15, 0.2) is 20.1 Å². The summed E-state index contributed by atoms with van der Waals surface area (Å²) >= 11 is 4.35. The van der Waals surface area contributed by atoms with Crippen molar-refractivity contribution in [1.82, 2.24) is 14.9 Å². The minimum absolute atomic E-state index is 0. The Balaban J connectivity index is 0.00000242. The molecule has 1 fully saturated rings. The maximum atomic E-state index is 12.2. The molecule has 0 radical (unpaired) electrons. The molecule has 1 atom stereocenters. The highest BCUT2D eigenvalue weighted by atomic mass is 79.9. The largest absolute Gasteiger partial charge is 0.337 e. The predicted molar refractivity (Wildman–Crippen MR) is 93.1 cm³/mol. The van der Waals surface area contributed by atoms with Gasteiger partial charge in [0, 0.05) is 19.1 Å². The maximum absolute atomic E-state index is 12.2. The molecule has 126 valence electrons. The van der Waals surface area contributed by atoms with Gasteiger partial charge in [-0.25, -0.2) is 13.1 Å². The second-order valence-electron chi connectivity index (χ2n) is 4.82. The Hall–Kier alpha value is -0.190. The van der Waals surface area contributed by atoms with Crippen LogP contribution in [0.25, 0.3) is 0 Å². The SMILES string of the molecule is CNCC1CCCN1C(=O)CNS(=O)(=O)c1ccc(Br)s1.Cl. The summed E-state index contributed by atoms with van der Waals surface area (Å²) in [6.07, 6.45) is 1.92. The van der Waals surface area contributed by atoms with Gasteiger partial charge >= 0.3 is 0 Å². The molecule has 0 spiro atoms. The summed E-state index contributed by atoms with van der Waals surface area (Å²) in [7, 11) is -1.77. The lowest BCUT2D eigenvalue weighted by atomic mass is 10.2. The topological polar surface area (TPSA) is 78.5 Å². The van der Waals surface area contributed by atoms with Gasteiger partial charge in [0.25, 0.3) is 10.0 Å². The average molecular weight is 433 g/mol. The van der Waals surface area contributed by atoms with Crippen molar-refractivity contribution >= 4 is 55.6 Å². The summed E-state index contributed by atoms with van der Waals surface area (Å²) in [5.74, 6) is -0.174. The third-order valence-corrected chi connectivity index (χ3v) is 6.88. The zero-order valence-electron chi connectivity index (χ0n) is 12.0. The molecular weight excluding hydrogens is 414 g/mol. The second-order valence-corrected chi connectivity index (χ2v) is 9.28. The molecule has 0 saturated carbocycles. The molecule has 2 rings (SSSR count). The predicted octanol–water partition coefficient (Wildman–Crippen LogP) is 1.42. The van der Waals surface area contributed by atoms with Crippen LogP contribution in [0.3, 0.4) is 0 Å². The van der Waals surface area contributed by atoms with E-state index >= 15 is 0 Å². The number of hydrogen-bond donors (Lipinski definition) is 2. The summed E-state index contributed by atoms with van der Waals surface area (Å²) in [5.41, 5.74) is 0. The number of halogens is 2. The number of rotatable bonds is 6. The third-order valence-electron chi connectivity index (χ3n) is 3.36. The first-order chi connectivity index (χ1) is 9.94. The molecule has 0 aliphatic carbocycles. The maximum Gasteiger partial charge on any atom is 0.250 e. The van der Waals surface area contributed by atoms with Crippen molar-refractivity contribution in [3.05, 3.63) is 15.9 Å². The number of sulfonamides is 1. The molecule has 1 aliphatic rings. The molecule has 6 nitrogen and oxygen atoms in total. The lowest BCUT2D eigenvalue weighted by molar-refractivity contribution is -0.130. The van der Waals surface area contributed by atoms with E-state index in [-0.39, 0.29) is 35.1 Å². The van der Waals surface area contributed by atoms with E-state index in [1.54, 1.807) is 11.0 Å². The van der Waals surface area contributed by atoms with Crippen LogP contribution < -0.4 is 10.0 Å². The van der Waals surface area contributed by atoms with E-state index < -0.39 is 10.0 Å². The Morgan fingerprint density at radius 3 is 2.82 bits per heavy atom. The lowest BCUT2D eigenvalue weighted by Gasteiger charge is -2.24. The van der Waals surface area contributed by atoms with Gasteiger partial charge in [-0.3, -0.25) is 4.79 Å². The summed E-state index contributed by atoms with van der Waals surface area (Å²) in [4.78, 5) is 13.9. The monoisotopic (exact) mass is 431 g/mol. The van der Waals surface area contributed by atoms with E-state index in [4.69, 9.17) is 0 Å². The summed E-state index contributed by atoms with van der Waals surface area (Å²) in [5, 5.41) is 3.06.